The molecule has 1 N–H and O–H groups in total. The van der Waals surface area contributed by atoms with Crippen molar-refractivity contribution in [2.24, 2.45) is 0 Å². The van der Waals surface area contributed by atoms with E-state index >= 15 is 0 Å². The minimum atomic E-state index is -0.441. The molecule has 0 saturated heterocycles. The van der Waals surface area contributed by atoms with Gasteiger partial charge in [0.05, 0.1) is 16.0 Å². The Morgan fingerprint density at radius 2 is 2.00 bits per heavy atom. The van der Waals surface area contributed by atoms with Crippen molar-refractivity contribution in [1.82, 2.24) is 4.98 Å². The molecule has 2 aromatic rings. The minimum absolute atomic E-state index is 0.441. The van der Waals surface area contributed by atoms with Gasteiger partial charge in [0.2, 0.25) is 0 Å². The topological polar surface area (TPSA) is 33.1 Å². The fraction of sp³-hybridized carbons (Fsp3) is 0.357. The maximum atomic E-state index is 10.1. The van der Waals surface area contributed by atoms with E-state index in [0.717, 1.165) is 9.88 Å². The minimum Gasteiger partial charge on any atom is -0.387 e. The van der Waals surface area contributed by atoms with Crippen molar-refractivity contribution in [3.8, 4) is 0 Å². The van der Waals surface area contributed by atoms with Crippen LogP contribution in [0.1, 0.15) is 32.7 Å². The van der Waals surface area contributed by atoms with Gasteiger partial charge in [-0.3, -0.25) is 0 Å². The van der Waals surface area contributed by atoms with Crippen molar-refractivity contribution in [1.29, 1.82) is 0 Å². The quantitative estimate of drug-likeness (QED) is 0.902. The predicted octanol–water partition coefficient (Wildman–Crippen LogP) is 3.34. The van der Waals surface area contributed by atoms with E-state index in [0.29, 0.717) is 6.42 Å². The van der Waals surface area contributed by atoms with Crippen LogP contribution in [0.15, 0.2) is 24.4 Å². The molecule has 2 rings (SSSR count). The molecule has 0 spiro atoms. The number of aliphatic hydroxyl groups is 1. The summed E-state index contributed by atoms with van der Waals surface area (Å²) < 4.78 is 0. The lowest BCUT2D eigenvalue weighted by atomic mass is 10.0. The van der Waals surface area contributed by atoms with Crippen molar-refractivity contribution in [3.05, 3.63) is 51.0 Å². The largest absolute Gasteiger partial charge is 0.387 e. The highest BCUT2D eigenvalue weighted by molar-refractivity contribution is 7.11. The summed E-state index contributed by atoms with van der Waals surface area (Å²) in [6.45, 7) is 6.15. The molecule has 3 heteroatoms. The molecule has 0 bridgehead atoms. The van der Waals surface area contributed by atoms with Crippen LogP contribution in [0.25, 0.3) is 0 Å². The Labute approximate surface area is 106 Å². The highest BCUT2D eigenvalue weighted by Crippen LogP contribution is 2.24. The first kappa shape index (κ1) is 12.3. The molecule has 1 aromatic heterocycles. The standard InChI is InChI=1S/C14H17NOS/c1-9-4-5-12(6-10(9)2)7-13(16)14-8-15-11(3)17-14/h4-6,8,13,16H,7H2,1-3H3. The second-order valence-corrected chi connectivity index (χ2v) is 5.69. The SMILES string of the molecule is Cc1ncc(C(O)Cc2ccc(C)c(C)c2)s1. The average Bonchev–Trinajstić information content (AvgIpc) is 2.70. The number of rotatable bonds is 3. The van der Waals surface area contributed by atoms with Crippen molar-refractivity contribution in [2.45, 2.75) is 33.3 Å². The molecule has 0 saturated carbocycles. The zero-order valence-corrected chi connectivity index (χ0v) is 11.2. The van der Waals surface area contributed by atoms with Gasteiger partial charge in [0, 0.05) is 12.6 Å². The summed E-state index contributed by atoms with van der Waals surface area (Å²) in [5.41, 5.74) is 3.73. The van der Waals surface area contributed by atoms with Gasteiger partial charge in [-0.2, -0.15) is 0 Å². The van der Waals surface area contributed by atoms with Crippen LogP contribution >= 0.6 is 11.3 Å². The fourth-order valence-electron chi connectivity index (χ4n) is 1.79. The van der Waals surface area contributed by atoms with Crippen LogP contribution in [-0.4, -0.2) is 10.1 Å². The monoisotopic (exact) mass is 247 g/mol. The lowest BCUT2D eigenvalue weighted by Gasteiger charge is -2.09. The van der Waals surface area contributed by atoms with E-state index in [9.17, 15) is 5.11 Å². The van der Waals surface area contributed by atoms with Gasteiger partial charge in [-0.05, 0) is 37.5 Å². The van der Waals surface area contributed by atoms with E-state index in [2.05, 4.69) is 37.0 Å². The number of benzene rings is 1. The van der Waals surface area contributed by atoms with Crippen LogP contribution in [0, 0.1) is 20.8 Å². The van der Waals surface area contributed by atoms with Gasteiger partial charge in [0.1, 0.15) is 0 Å². The number of hydrogen-bond donors (Lipinski definition) is 1. The summed E-state index contributed by atoms with van der Waals surface area (Å²) in [6.07, 6.45) is 1.98. The lowest BCUT2D eigenvalue weighted by molar-refractivity contribution is 0.182. The molecular formula is C14H17NOS. The summed E-state index contributed by atoms with van der Waals surface area (Å²) >= 11 is 1.56. The van der Waals surface area contributed by atoms with Gasteiger partial charge >= 0.3 is 0 Å². The van der Waals surface area contributed by atoms with E-state index in [1.807, 2.05) is 6.92 Å². The number of hydrogen-bond acceptors (Lipinski definition) is 3. The summed E-state index contributed by atoms with van der Waals surface area (Å²) in [4.78, 5) is 5.11. The third-order valence-corrected chi connectivity index (χ3v) is 3.98. The maximum Gasteiger partial charge on any atom is 0.0938 e. The Morgan fingerprint density at radius 1 is 1.24 bits per heavy atom. The Bertz CT molecular complexity index is 519. The van der Waals surface area contributed by atoms with Crippen molar-refractivity contribution in [2.75, 3.05) is 0 Å². The molecule has 0 amide bonds. The number of aliphatic hydroxyl groups excluding tert-OH is 1. The second kappa shape index (κ2) is 4.98. The number of aromatic nitrogens is 1. The highest BCUT2D eigenvalue weighted by atomic mass is 32.1. The molecule has 1 atom stereocenters. The molecule has 0 radical (unpaired) electrons. The molecule has 17 heavy (non-hydrogen) atoms. The molecule has 2 nitrogen and oxygen atoms in total. The molecule has 0 aliphatic carbocycles. The van der Waals surface area contributed by atoms with Gasteiger partial charge < -0.3 is 5.11 Å². The smallest absolute Gasteiger partial charge is 0.0938 e. The zero-order valence-electron chi connectivity index (χ0n) is 10.4. The van der Waals surface area contributed by atoms with Crippen LogP contribution in [0.4, 0.5) is 0 Å². The van der Waals surface area contributed by atoms with Crippen LogP contribution < -0.4 is 0 Å². The van der Waals surface area contributed by atoms with E-state index in [-0.39, 0.29) is 0 Å². The van der Waals surface area contributed by atoms with Crippen molar-refractivity contribution < 1.29 is 5.11 Å². The summed E-state index contributed by atoms with van der Waals surface area (Å²) in [5, 5.41) is 11.1. The highest BCUT2D eigenvalue weighted by Gasteiger charge is 2.11. The molecule has 1 unspecified atom stereocenters. The normalized spacial score (nSPS) is 12.7. The van der Waals surface area contributed by atoms with Gasteiger partial charge in [-0.1, -0.05) is 18.2 Å². The van der Waals surface area contributed by atoms with Crippen molar-refractivity contribution >= 4 is 11.3 Å². The van der Waals surface area contributed by atoms with Crippen LogP contribution in [0.3, 0.4) is 0 Å². The third kappa shape index (κ3) is 2.93. The van der Waals surface area contributed by atoms with E-state index < -0.39 is 6.10 Å². The Hall–Kier alpha value is -1.19. The van der Waals surface area contributed by atoms with Gasteiger partial charge in [-0.25, -0.2) is 4.98 Å². The van der Waals surface area contributed by atoms with Crippen molar-refractivity contribution in [3.63, 3.8) is 0 Å². The predicted molar refractivity (Wildman–Crippen MR) is 71.4 cm³/mol. The third-order valence-electron chi connectivity index (χ3n) is 2.97. The number of aryl methyl sites for hydroxylation is 3. The number of nitrogens with zero attached hydrogens (tertiary/aromatic N) is 1. The number of thiazole rings is 1. The molecule has 1 aromatic carbocycles. The Balaban J connectivity index is 2.12. The van der Waals surface area contributed by atoms with E-state index in [4.69, 9.17) is 0 Å². The summed E-state index contributed by atoms with van der Waals surface area (Å²) in [7, 11) is 0. The molecule has 1 heterocycles. The molecule has 0 aliphatic rings. The lowest BCUT2D eigenvalue weighted by Crippen LogP contribution is -2.00. The van der Waals surface area contributed by atoms with E-state index in [1.54, 1.807) is 17.5 Å². The molecule has 90 valence electrons. The van der Waals surface area contributed by atoms with Gasteiger partial charge in [0.25, 0.3) is 0 Å². The zero-order chi connectivity index (χ0) is 12.4. The molecule has 0 fully saturated rings. The first-order valence-corrected chi connectivity index (χ1v) is 6.54. The Kier molecular flexibility index (Phi) is 3.60. The molecular weight excluding hydrogens is 230 g/mol. The van der Waals surface area contributed by atoms with Crippen LogP contribution in [0.5, 0.6) is 0 Å². The van der Waals surface area contributed by atoms with E-state index in [1.165, 1.54) is 16.7 Å². The van der Waals surface area contributed by atoms with Crippen LogP contribution in [-0.2, 0) is 6.42 Å². The summed E-state index contributed by atoms with van der Waals surface area (Å²) in [5.74, 6) is 0. The first-order chi connectivity index (χ1) is 8.06. The van der Waals surface area contributed by atoms with Gasteiger partial charge in [0.15, 0.2) is 0 Å². The average molecular weight is 247 g/mol. The fourth-order valence-corrected chi connectivity index (χ4v) is 2.56. The molecule has 0 aliphatic heterocycles. The summed E-state index contributed by atoms with van der Waals surface area (Å²) in [6, 6.07) is 6.33. The first-order valence-electron chi connectivity index (χ1n) is 5.73. The Morgan fingerprint density at radius 3 is 2.59 bits per heavy atom. The maximum absolute atomic E-state index is 10.1. The van der Waals surface area contributed by atoms with Gasteiger partial charge in [-0.15, -0.1) is 11.3 Å². The van der Waals surface area contributed by atoms with Crippen LogP contribution in [0.2, 0.25) is 0 Å². The second-order valence-electron chi connectivity index (χ2n) is 4.42.